The number of nitrogens with zero attached hydrogens (tertiary/aromatic N) is 2. The summed E-state index contributed by atoms with van der Waals surface area (Å²) in [5, 5.41) is 1.82. The van der Waals surface area contributed by atoms with E-state index < -0.39 is 0 Å². The van der Waals surface area contributed by atoms with Crippen molar-refractivity contribution in [2.24, 2.45) is 5.73 Å². The van der Waals surface area contributed by atoms with E-state index in [0.717, 1.165) is 25.8 Å². The van der Waals surface area contributed by atoms with Gasteiger partial charge in [0.25, 0.3) is 5.91 Å². The Morgan fingerprint density at radius 2 is 2.28 bits per heavy atom. The van der Waals surface area contributed by atoms with Crippen LogP contribution >= 0.6 is 36.2 Å². The van der Waals surface area contributed by atoms with Crippen LogP contribution in [0.25, 0.3) is 0 Å². The maximum atomic E-state index is 12.2. The molecule has 2 rings (SSSR count). The van der Waals surface area contributed by atoms with E-state index in [1.54, 1.807) is 5.51 Å². The van der Waals surface area contributed by atoms with Crippen molar-refractivity contribution in [1.82, 2.24) is 9.88 Å². The van der Waals surface area contributed by atoms with Crippen LogP contribution < -0.4 is 5.73 Å². The van der Waals surface area contributed by atoms with Crippen LogP contribution in [0.1, 0.15) is 36.2 Å². The standard InChI is InChI=1S/C11H17N3OS.2ClH/c12-5-4-9-3-1-2-6-14(9)11(15)10-7-16-8-13-10;;/h7-9H,1-6,12H2;2*1H. The highest BCUT2D eigenvalue weighted by Crippen LogP contribution is 2.21. The molecule has 1 saturated heterocycles. The Labute approximate surface area is 124 Å². The third-order valence-corrected chi connectivity index (χ3v) is 3.63. The minimum absolute atomic E-state index is 0. The van der Waals surface area contributed by atoms with E-state index in [1.165, 1.54) is 17.8 Å². The van der Waals surface area contributed by atoms with Gasteiger partial charge in [-0.25, -0.2) is 4.98 Å². The second-order valence-electron chi connectivity index (χ2n) is 4.10. The molecule has 1 aromatic heterocycles. The fourth-order valence-corrected chi connectivity index (χ4v) is 2.75. The average molecular weight is 312 g/mol. The number of piperidine rings is 1. The number of thiazole rings is 1. The number of carbonyl (C=O) groups excluding carboxylic acids is 1. The smallest absolute Gasteiger partial charge is 0.273 e. The highest BCUT2D eigenvalue weighted by Gasteiger charge is 2.27. The molecule has 2 heterocycles. The van der Waals surface area contributed by atoms with Gasteiger partial charge in [0.2, 0.25) is 0 Å². The molecule has 0 radical (unpaired) electrons. The van der Waals surface area contributed by atoms with E-state index in [9.17, 15) is 4.79 Å². The molecular formula is C11H19Cl2N3OS. The monoisotopic (exact) mass is 311 g/mol. The van der Waals surface area contributed by atoms with E-state index in [2.05, 4.69) is 4.98 Å². The van der Waals surface area contributed by atoms with Gasteiger partial charge in [-0.15, -0.1) is 36.2 Å². The normalized spacial score (nSPS) is 18.7. The number of carbonyl (C=O) groups is 1. The van der Waals surface area contributed by atoms with E-state index in [-0.39, 0.29) is 30.7 Å². The summed E-state index contributed by atoms with van der Waals surface area (Å²) < 4.78 is 0. The van der Waals surface area contributed by atoms with Gasteiger partial charge in [-0.3, -0.25) is 4.79 Å². The minimum Gasteiger partial charge on any atom is -0.334 e. The molecule has 1 amide bonds. The van der Waals surface area contributed by atoms with Crippen molar-refractivity contribution in [3.05, 3.63) is 16.6 Å². The first kappa shape index (κ1) is 17.6. The molecule has 1 aliphatic heterocycles. The Morgan fingerprint density at radius 1 is 1.50 bits per heavy atom. The molecule has 1 atom stereocenters. The Morgan fingerprint density at radius 3 is 2.89 bits per heavy atom. The summed E-state index contributed by atoms with van der Waals surface area (Å²) in [6, 6.07) is 0.313. The van der Waals surface area contributed by atoms with E-state index in [4.69, 9.17) is 5.73 Å². The Hall–Kier alpha value is -0.360. The molecule has 18 heavy (non-hydrogen) atoms. The van der Waals surface area contributed by atoms with E-state index in [0.29, 0.717) is 18.3 Å². The molecule has 0 bridgehead atoms. The highest BCUT2D eigenvalue weighted by molar-refractivity contribution is 7.07. The van der Waals surface area contributed by atoms with Crippen LogP contribution in [0, 0.1) is 0 Å². The van der Waals surface area contributed by atoms with Gasteiger partial charge < -0.3 is 10.6 Å². The van der Waals surface area contributed by atoms with Crippen LogP contribution in [0.15, 0.2) is 10.9 Å². The van der Waals surface area contributed by atoms with Crippen LogP contribution in [0.3, 0.4) is 0 Å². The van der Waals surface area contributed by atoms with Gasteiger partial charge in [-0.2, -0.15) is 0 Å². The molecule has 2 N–H and O–H groups in total. The van der Waals surface area contributed by atoms with Crippen molar-refractivity contribution < 1.29 is 4.79 Å². The Bertz CT molecular complexity index is 346. The van der Waals surface area contributed by atoms with Crippen LogP contribution in [0.5, 0.6) is 0 Å². The summed E-state index contributed by atoms with van der Waals surface area (Å²) in [6.07, 6.45) is 4.27. The van der Waals surface area contributed by atoms with Crippen LogP contribution in [-0.4, -0.2) is 34.9 Å². The van der Waals surface area contributed by atoms with Crippen LogP contribution in [0.4, 0.5) is 0 Å². The summed E-state index contributed by atoms with van der Waals surface area (Å²) in [7, 11) is 0. The molecule has 0 aliphatic carbocycles. The SMILES string of the molecule is Cl.Cl.NCCC1CCCCN1C(=O)c1cscn1. The summed E-state index contributed by atoms with van der Waals surface area (Å²) in [5.74, 6) is 0.0689. The predicted molar refractivity (Wildman–Crippen MR) is 79.0 cm³/mol. The first-order chi connectivity index (χ1) is 7.83. The molecule has 7 heteroatoms. The number of nitrogens with two attached hydrogens (primary N) is 1. The highest BCUT2D eigenvalue weighted by atomic mass is 35.5. The number of rotatable bonds is 3. The average Bonchev–Trinajstić information content (AvgIpc) is 2.83. The molecule has 0 spiro atoms. The quantitative estimate of drug-likeness (QED) is 0.932. The molecule has 1 aliphatic rings. The molecule has 1 unspecified atom stereocenters. The molecular weight excluding hydrogens is 293 g/mol. The zero-order valence-electron chi connectivity index (χ0n) is 10.1. The summed E-state index contributed by atoms with van der Waals surface area (Å²) >= 11 is 1.46. The van der Waals surface area contributed by atoms with Gasteiger partial charge in [0.05, 0.1) is 5.51 Å². The number of amides is 1. The van der Waals surface area contributed by atoms with Gasteiger partial charge in [0.1, 0.15) is 5.69 Å². The summed E-state index contributed by atoms with van der Waals surface area (Å²) in [5.41, 5.74) is 7.87. The first-order valence-corrected chi connectivity index (χ1v) is 6.66. The molecule has 1 aromatic rings. The van der Waals surface area contributed by atoms with Crippen LogP contribution in [-0.2, 0) is 0 Å². The van der Waals surface area contributed by atoms with Gasteiger partial charge in [0, 0.05) is 18.0 Å². The first-order valence-electron chi connectivity index (χ1n) is 5.72. The largest absolute Gasteiger partial charge is 0.334 e. The molecule has 104 valence electrons. The number of hydrogen-bond acceptors (Lipinski definition) is 4. The summed E-state index contributed by atoms with van der Waals surface area (Å²) in [6.45, 7) is 1.49. The predicted octanol–water partition coefficient (Wildman–Crippen LogP) is 2.33. The number of aromatic nitrogens is 1. The van der Waals surface area contributed by atoms with Gasteiger partial charge in [0.15, 0.2) is 0 Å². The lowest BCUT2D eigenvalue weighted by atomic mass is 9.99. The zero-order chi connectivity index (χ0) is 11.4. The Kier molecular flexibility index (Phi) is 8.52. The topological polar surface area (TPSA) is 59.2 Å². The van der Waals surface area contributed by atoms with Crippen LogP contribution in [0.2, 0.25) is 0 Å². The fourth-order valence-electron chi connectivity index (χ4n) is 2.23. The maximum Gasteiger partial charge on any atom is 0.273 e. The lowest BCUT2D eigenvalue weighted by Crippen LogP contribution is -2.44. The van der Waals surface area contributed by atoms with Crippen molar-refractivity contribution in [2.45, 2.75) is 31.7 Å². The fraction of sp³-hybridized carbons (Fsp3) is 0.636. The summed E-state index contributed by atoms with van der Waals surface area (Å²) in [4.78, 5) is 18.2. The van der Waals surface area contributed by atoms with Crippen molar-refractivity contribution >= 4 is 42.1 Å². The van der Waals surface area contributed by atoms with Crippen molar-refractivity contribution in [3.63, 3.8) is 0 Å². The third-order valence-electron chi connectivity index (χ3n) is 3.04. The van der Waals surface area contributed by atoms with Gasteiger partial charge in [-0.05, 0) is 32.2 Å². The number of halogens is 2. The van der Waals surface area contributed by atoms with E-state index >= 15 is 0 Å². The minimum atomic E-state index is 0. The molecule has 1 fully saturated rings. The van der Waals surface area contributed by atoms with Gasteiger partial charge in [-0.1, -0.05) is 0 Å². The lowest BCUT2D eigenvalue weighted by molar-refractivity contribution is 0.0600. The lowest BCUT2D eigenvalue weighted by Gasteiger charge is -2.35. The number of likely N-dealkylation sites (tertiary alicyclic amines) is 1. The van der Waals surface area contributed by atoms with Crippen molar-refractivity contribution in [2.75, 3.05) is 13.1 Å². The molecule has 0 aromatic carbocycles. The number of hydrogen-bond donors (Lipinski definition) is 1. The Balaban J connectivity index is 0.00000144. The zero-order valence-corrected chi connectivity index (χ0v) is 12.5. The van der Waals surface area contributed by atoms with E-state index in [1.807, 2.05) is 10.3 Å². The maximum absolute atomic E-state index is 12.2. The van der Waals surface area contributed by atoms with Crippen molar-refractivity contribution in [1.29, 1.82) is 0 Å². The second kappa shape index (κ2) is 8.69. The molecule has 4 nitrogen and oxygen atoms in total. The third kappa shape index (κ3) is 4.09. The molecule has 0 saturated carbocycles. The second-order valence-corrected chi connectivity index (χ2v) is 4.82. The van der Waals surface area contributed by atoms with Crippen molar-refractivity contribution in [3.8, 4) is 0 Å². The van der Waals surface area contributed by atoms with Gasteiger partial charge >= 0.3 is 0 Å².